The predicted molar refractivity (Wildman–Crippen MR) is 96.9 cm³/mol. The first kappa shape index (κ1) is 18.2. The Morgan fingerprint density at radius 3 is 2.00 bits per heavy atom. The van der Waals surface area contributed by atoms with Crippen LogP contribution in [0.25, 0.3) is 0 Å². The molecule has 3 rings (SSSR count). The van der Waals surface area contributed by atoms with Crippen molar-refractivity contribution in [2.75, 3.05) is 39.3 Å². The lowest BCUT2D eigenvalue weighted by molar-refractivity contribution is 0.119. The highest BCUT2D eigenvalue weighted by atomic mass is 32.2. The van der Waals surface area contributed by atoms with Gasteiger partial charge in [0.1, 0.15) is 0 Å². The zero-order valence-corrected chi connectivity index (χ0v) is 15.8. The number of likely N-dealkylation sites (tertiary alicyclic amines) is 1. The zero-order chi connectivity index (χ0) is 18.0. The average molecular weight is 365 g/mol. The van der Waals surface area contributed by atoms with Crippen molar-refractivity contribution < 1.29 is 13.2 Å². The van der Waals surface area contributed by atoms with Crippen LogP contribution in [0.4, 0.5) is 4.79 Å². The third-order valence-corrected chi connectivity index (χ3v) is 7.13. The number of piperazine rings is 1. The van der Waals surface area contributed by atoms with Crippen molar-refractivity contribution in [3.05, 3.63) is 29.8 Å². The summed E-state index contributed by atoms with van der Waals surface area (Å²) in [6.07, 6.45) is 2.10. The van der Waals surface area contributed by atoms with Crippen LogP contribution < -0.4 is 0 Å². The Hall–Kier alpha value is -1.60. The minimum Gasteiger partial charge on any atom is -0.325 e. The topological polar surface area (TPSA) is 60.9 Å². The van der Waals surface area contributed by atoms with Gasteiger partial charge in [-0.1, -0.05) is 24.6 Å². The maximum atomic E-state index is 12.7. The molecule has 0 bridgehead atoms. The fraction of sp³-hybridized carbons (Fsp3) is 0.611. The Morgan fingerprint density at radius 1 is 0.920 bits per heavy atom. The van der Waals surface area contributed by atoms with E-state index in [1.807, 2.05) is 24.0 Å². The molecule has 0 aromatic heterocycles. The van der Waals surface area contributed by atoms with Crippen LogP contribution in [0.3, 0.4) is 0 Å². The molecule has 2 amide bonds. The van der Waals surface area contributed by atoms with E-state index < -0.39 is 10.0 Å². The molecule has 7 heteroatoms. The van der Waals surface area contributed by atoms with E-state index in [1.54, 1.807) is 17.0 Å². The summed E-state index contributed by atoms with van der Waals surface area (Å²) in [6, 6.07) is 6.97. The molecule has 6 nitrogen and oxygen atoms in total. The van der Waals surface area contributed by atoms with Crippen molar-refractivity contribution in [3.8, 4) is 0 Å². The Balaban J connectivity index is 1.59. The van der Waals surface area contributed by atoms with Crippen LogP contribution in [0.1, 0.15) is 25.3 Å². The molecule has 2 aliphatic heterocycles. The molecule has 2 fully saturated rings. The van der Waals surface area contributed by atoms with E-state index in [4.69, 9.17) is 0 Å². The van der Waals surface area contributed by atoms with Gasteiger partial charge in [-0.3, -0.25) is 0 Å². The maximum Gasteiger partial charge on any atom is 0.320 e. The van der Waals surface area contributed by atoms with Gasteiger partial charge in [-0.2, -0.15) is 4.31 Å². The van der Waals surface area contributed by atoms with E-state index in [2.05, 4.69) is 6.92 Å². The second-order valence-electron chi connectivity index (χ2n) is 7.16. The zero-order valence-electron chi connectivity index (χ0n) is 15.0. The lowest BCUT2D eigenvalue weighted by atomic mass is 9.99. The van der Waals surface area contributed by atoms with Crippen molar-refractivity contribution in [1.82, 2.24) is 14.1 Å². The van der Waals surface area contributed by atoms with Gasteiger partial charge in [-0.15, -0.1) is 0 Å². The van der Waals surface area contributed by atoms with Crippen LogP contribution in [0, 0.1) is 12.8 Å². The van der Waals surface area contributed by atoms with Crippen molar-refractivity contribution in [2.24, 2.45) is 5.92 Å². The molecule has 0 spiro atoms. The van der Waals surface area contributed by atoms with E-state index in [-0.39, 0.29) is 6.03 Å². The molecule has 2 heterocycles. The summed E-state index contributed by atoms with van der Waals surface area (Å²) in [7, 11) is -3.48. The molecule has 1 aromatic carbocycles. The fourth-order valence-corrected chi connectivity index (χ4v) is 4.80. The lowest BCUT2D eigenvalue weighted by Gasteiger charge is -2.39. The normalized spacial score (nSPS) is 20.7. The number of carbonyl (C=O) groups is 1. The number of urea groups is 1. The van der Waals surface area contributed by atoms with Crippen LogP contribution in [0.15, 0.2) is 29.2 Å². The van der Waals surface area contributed by atoms with Crippen LogP contribution in [-0.4, -0.2) is 67.8 Å². The van der Waals surface area contributed by atoms with Crippen molar-refractivity contribution in [3.63, 3.8) is 0 Å². The van der Waals surface area contributed by atoms with E-state index in [0.717, 1.165) is 31.5 Å². The second kappa shape index (κ2) is 7.33. The number of hydrogen-bond acceptors (Lipinski definition) is 3. The lowest BCUT2D eigenvalue weighted by Crippen LogP contribution is -2.54. The molecular formula is C18H27N3O3S. The Labute approximate surface area is 150 Å². The monoisotopic (exact) mass is 365 g/mol. The highest BCUT2D eigenvalue weighted by molar-refractivity contribution is 7.89. The van der Waals surface area contributed by atoms with Crippen LogP contribution in [-0.2, 0) is 10.0 Å². The summed E-state index contributed by atoms with van der Waals surface area (Å²) in [6.45, 7) is 7.38. The highest BCUT2D eigenvalue weighted by Gasteiger charge is 2.32. The number of carbonyl (C=O) groups excluding carboxylic acids is 1. The van der Waals surface area contributed by atoms with E-state index in [1.165, 1.54) is 4.31 Å². The highest BCUT2D eigenvalue weighted by Crippen LogP contribution is 2.20. The van der Waals surface area contributed by atoms with E-state index in [0.29, 0.717) is 37.0 Å². The van der Waals surface area contributed by atoms with Gasteiger partial charge >= 0.3 is 6.03 Å². The molecule has 1 aromatic rings. The fourth-order valence-electron chi connectivity index (χ4n) is 3.38. The summed E-state index contributed by atoms with van der Waals surface area (Å²) < 4.78 is 26.9. The van der Waals surface area contributed by atoms with Crippen molar-refractivity contribution in [2.45, 2.75) is 31.6 Å². The summed E-state index contributed by atoms with van der Waals surface area (Å²) in [5.41, 5.74) is 1.03. The number of nitrogens with zero attached hydrogens (tertiary/aromatic N) is 3. The summed E-state index contributed by atoms with van der Waals surface area (Å²) in [5.74, 6) is 0.681. The Kier molecular flexibility index (Phi) is 5.34. The molecule has 0 unspecified atom stereocenters. The molecule has 0 saturated carbocycles. The smallest absolute Gasteiger partial charge is 0.320 e. The molecule has 2 saturated heterocycles. The number of benzene rings is 1. The minimum absolute atomic E-state index is 0.0549. The third-order valence-electron chi connectivity index (χ3n) is 5.22. The number of amides is 2. The van der Waals surface area contributed by atoms with E-state index >= 15 is 0 Å². The second-order valence-corrected chi connectivity index (χ2v) is 9.09. The van der Waals surface area contributed by atoms with Crippen LogP contribution in [0.5, 0.6) is 0 Å². The van der Waals surface area contributed by atoms with Crippen LogP contribution >= 0.6 is 0 Å². The molecule has 0 N–H and O–H groups in total. The first-order valence-corrected chi connectivity index (χ1v) is 10.4. The Morgan fingerprint density at radius 2 is 1.44 bits per heavy atom. The third kappa shape index (κ3) is 3.98. The molecule has 25 heavy (non-hydrogen) atoms. The molecular weight excluding hydrogens is 338 g/mol. The first-order valence-electron chi connectivity index (χ1n) is 8.98. The van der Waals surface area contributed by atoms with Gasteiger partial charge in [0.15, 0.2) is 0 Å². The molecule has 0 atom stereocenters. The van der Waals surface area contributed by atoms with Gasteiger partial charge in [-0.25, -0.2) is 13.2 Å². The van der Waals surface area contributed by atoms with Gasteiger partial charge in [0.25, 0.3) is 0 Å². The number of piperidine rings is 1. The number of hydrogen-bond donors (Lipinski definition) is 0. The SMILES string of the molecule is Cc1ccc(S(=O)(=O)N2CCN(C(=O)N3CCC(C)CC3)CC2)cc1. The number of rotatable bonds is 2. The summed E-state index contributed by atoms with van der Waals surface area (Å²) >= 11 is 0. The van der Waals surface area contributed by atoms with Gasteiger partial charge in [0.05, 0.1) is 4.90 Å². The largest absolute Gasteiger partial charge is 0.325 e. The van der Waals surface area contributed by atoms with Gasteiger partial charge in [-0.05, 0) is 37.8 Å². The average Bonchev–Trinajstić information content (AvgIpc) is 2.62. The molecule has 138 valence electrons. The summed E-state index contributed by atoms with van der Waals surface area (Å²) in [5, 5.41) is 0. The minimum atomic E-state index is -3.48. The predicted octanol–water partition coefficient (Wildman–Crippen LogP) is 2.15. The molecule has 2 aliphatic rings. The molecule has 0 aliphatic carbocycles. The summed E-state index contributed by atoms with van der Waals surface area (Å²) in [4.78, 5) is 16.6. The van der Waals surface area contributed by atoms with Gasteiger partial charge in [0, 0.05) is 39.3 Å². The maximum absolute atomic E-state index is 12.7. The van der Waals surface area contributed by atoms with E-state index in [9.17, 15) is 13.2 Å². The quantitative estimate of drug-likeness (QED) is 0.807. The van der Waals surface area contributed by atoms with Gasteiger partial charge < -0.3 is 9.80 Å². The van der Waals surface area contributed by atoms with Crippen LogP contribution in [0.2, 0.25) is 0 Å². The van der Waals surface area contributed by atoms with Crippen molar-refractivity contribution in [1.29, 1.82) is 0 Å². The van der Waals surface area contributed by atoms with Gasteiger partial charge in [0.2, 0.25) is 10.0 Å². The molecule has 0 radical (unpaired) electrons. The standard InChI is InChI=1S/C18H27N3O3S/c1-15-3-5-17(6-4-15)25(23,24)21-13-11-20(12-14-21)18(22)19-9-7-16(2)8-10-19/h3-6,16H,7-14H2,1-2H3. The van der Waals surface area contributed by atoms with Crippen molar-refractivity contribution >= 4 is 16.1 Å². The number of aryl methyl sites for hydroxylation is 1. The first-order chi connectivity index (χ1) is 11.9. The number of sulfonamides is 1. The Bertz CT molecular complexity index is 702.